The first-order chi connectivity index (χ1) is 9.85. The van der Waals surface area contributed by atoms with Gasteiger partial charge in [-0.2, -0.15) is 0 Å². The molecule has 2 aromatic rings. The minimum Gasteiger partial charge on any atom is -0.0984 e. The van der Waals surface area contributed by atoms with Crippen LogP contribution in [0.2, 0.25) is 0 Å². The molecule has 0 aromatic heterocycles. The highest BCUT2D eigenvalue weighted by molar-refractivity contribution is 5.88. The van der Waals surface area contributed by atoms with Gasteiger partial charge in [-0.15, -0.1) is 0 Å². The zero-order valence-corrected chi connectivity index (χ0v) is 14.0. The Morgan fingerprint density at radius 1 is 0.650 bits per heavy atom. The summed E-state index contributed by atoms with van der Waals surface area (Å²) in [6.07, 6.45) is 3.73. The molecule has 0 unspecified atom stereocenters. The van der Waals surface area contributed by atoms with Crippen molar-refractivity contribution in [2.24, 2.45) is 0 Å². The summed E-state index contributed by atoms with van der Waals surface area (Å²) in [4.78, 5) is 0. The van der Waals surface area contributed by atoms with E-state index in [9.17, 15) is 0 Å². The molecule has 0 aliphatic heterocycles. The van der Waals surface area contributed by atoms with Crippen LogP contribution < -0.4 is 0 Å². The maximum absolute atomic E-state index is 3.80. The zero-order valence-electron chi connectivity index (χ0n) is 14.0. The monoisotopic (exact) mass is 270 g/mol. The Hall–Kier alpha value is -1.82. The molecule has 2 aromatic carbocycles. The first kappa shape index (κ1) is 20.5. The number of rotatable bonds is 2. The fraction of sp³-hybridized carbons (Fsp3) is 0.300. The van der Waals surface area contributed by atoms with Crippen LogP contribution in [0.1, 0.15) is 52.7 Å². The zero-order chi connectivity index (χ0) is 16.0. The summed E-state index contributed by atoms with van der Waals surface area (Å²) in [6, 6.07) is 12.6. The van der Waals surface area contributed by atoms with E-state index in [0.29, 0.717) is 0 Å². The van der Waals surface area contributed by atoms with Gasteiger partial charge < -0.3 is 0 Å². The van der Waals surface area contributed by atoms with Crippen LogP contribution in [-0.4, -0.2) is 0 Å². The molecule has 20 heavy (non-hydrogen) atoms. The summed E-state index contributed by atoms with van der Waals surface area (Å²) in [6.45, 7) is 19.6. The second-order valence-corrected chi connectivity index (χ2v) is 3.24. The van der Waals surface area contributed by atoms with Crippen molar-refractivity contribution >= 4 is 22.9 Å². The third-order valence-electron chi connectivity index (χ3n) is 2.39. The molecule has 0 saturated carbocycles. The van der Waals surface area contributed by atoms with Crippen molar-refractivity contribution in [3.05, 3.63) is 60.7 Å². The average molecular weight is 270 g/mol. The second-order valence-electron chi connectivity index (χ2n) is 3.24. The molecule has 0 fully saturated rings. The molecule has 0 radical (unpaired) electrons. The van der Waals surface area contributed by atoms with Gasteiger partial charge in [-0.1, -0.05) is 91.1 Å². The summed E-state index contributed by atoms with van der Waals surface area (Å²) in [5, 5.41) is 2.49. The van der Waals surface area contributed by atoms with Gasteiger partial charge in [0.25, 0.3) is 0 Å². The molecule has 0 bridgehead atoms. The Kier molecular flexibility index (Phi) is 13.9. The van der Waals surface area contributed by atoms with Gasteiger partial charge in [0.1, 0.15) is 0 Å². The topological polar surface area (TPSA) is 0 Å². The molecule has 0 nitrogen and oxygen atoms in total. The Balaban J connectivity index is 0. The maximum atomic E-state index is 3.80. The third-order valence-corrected chi connectivity index (χ3v) is 2.39. The highest BCUT2D eigenvalue weighted by Gasteiger charge is 1.98. The van der Waals surface area contributed by atoms with Crippen molar-refractivity contribution in [1.82, 2.24) is 0 Å². The van der Waals surface area contributed by atoms with Crippen molar-refractivity contribution in [2.45, 2.75) is 41.5 Å². The Labute approximate surface area is 125 Å². The van der Waals surface area contributed by atoms with Crippen molar-refractivity contribution in [3.8, 4) is 0 Å². The van der Waals surface area contributed by atoms with Crippen molar-refractivity contribution in [2.75, 3.05) is 0 Å². The van der Waals surface area contributed by atoms with Crippen molar-refractivity contribution in [3.63, 3.8) is 0 Å². The van der Waals surface area contributed by atoms with Gasteiger partial charge in [0, 0.05) is 0 Å². The van der Waals surface area contributed by atoms with Gasteiger partial charge in [0.15, 0.2) is 0 Å². The predicted octanol–water partition coefficient (Wildman–Crippen LogP) is 7.20. The van der Waals surface area contributed by atoms with Crippen LogP contribution in [0.3, 0.4) is 0 Å². The molecule has 0 aliphatic rings. The smallest absolute Gasteiger partial charge is 0.0178 e. The summed E-state index contributed by atoms with van der Waals surface area (Å²) in [5.74, 6) is 0. The molecule has 0 heteroatoms. The fourth-order valence-corrected chi connectivity index (χ4v) is 1.63. The van der Waals surface area contributed by atoms with E-state index >= 15 is 0 Å². The first-order valence-corrected chi connectivity index (χ1v) is 7.63. The molecule has 2 rings (SSSR count). The molecule has 0 heterocycles. The molecule has 0 N–H and O–H groups in total. The van der Waals surface area contributed by atoms with Gasteiger partial charge in [0.2, 0.25) is 0 Å². The highest BCUT2D eigenvalue weighted by atomic mass is 14.0. The van der Waals surface area contributed by atoms with Gasteiger partial charge in [0.05, 0.1) is 0 Å². The predicted molar refractivity (Wildman–Crippen MR) is 98.2 cm³/mol. The minimum absolute atomic E-state index is 1.14. The van der Waals surface area contributed by atoms with E-state index in [1.54, 1.807) is 0 Å². The van der Waals surface area contributed by atoms with Crippen LogP contribution in [0.4, 0.5) is 0 Å². The van der Waals surface area contributed by atoms with Gasteiger partial charge in [-0.05, 0) is 34.0 Å². The van der Waals surface area contributed by atoms with E-state index < -0.39 is 0 Å². The molecule has 0 aliphatic carbocycles. The van der Waals surface area contributed by atoms with Crippen LogP contribution in [0.25, 0.3) is 22.9 Å². The van der Waals surface area contributed by atoms with E-state index in [-0.39, 0.29) is 0 Å². The third kappa shape index (κ3) is 5.88. The molecule has 110 valence electrons. The normalized spacial score (nSPS) is 7.90. The second kappa shape index (κ2) is 13.6. The van der Waals surface area contributed by atoms with Crippen LogP contribution in [0.5, 0.6) is 0 Å². The Morgan fingerprint density at radius 2 is 0.950 bits per heavy atom. The fourth-order valence-electron chi connectivity index (χ4n) is 1.63. The molecule has 0 spiro atoms. The largest absolute Gasteiger partial charge is 0.0984 e. The Bertz CT molecular complexity index is 446. The van der Waals surface area contributed by atoms with Gasteiger partial charge >= 0.3 is 0 Å². The first-order valence-electron chi connectivity index (χ1n) is 7.63. The van der Waals surface area contributed by atoms with Crippen LogP contribution in [0.15, 0.2) is 49.6 Å². The van der Waals surface area contributed by atoms with E-state index in [4.69, 9.17) is 0 Å². The standard InChI is InChI=1S/C14H12.3C2H6/c1-3-11-9-13-7-5-6-8-14(13)10-12(11)4-2;3*1-2/h3-10H,1-2H2;3*1-2H3. The SMILES string of the molecule is C=Cc1cc2ccccc2cc1C=C.CC.CC.CC. The van der Waals surface area contributed by atoms with Crippen LogP contribution in [0, 0.1) is 0 Å². The lowest BCUT2D eigenvalue weighted by molar-refractivity contribution is 1.50. The van der Waals surface area contributed by atoms with E-state index in [0.717, 1.165) is 11.1 Å². The van der Waals surface area contributed by atoms with Gasteiger partial charge in [-0.25, -0.2) is 0 Å². The quantitative estimate of drug-likeness (QED) is 0.541. The minimum atomic E-state index is 1.14. The van der Waals surface area contributed by atoms with Gasteiger partial charge in [-0.3, -0.25) is 0 Å². The van der Waals surface area contributed by atoms with Crippen LogP contribution in [-0.2, 0) is 0 Å². The van der Waals surface area contributed by atoms with E-state index in [1.165, 1.54) is 10.8 Å². The lowest BCUT2D eigenvalue weighted by atomic mass is 10.0. The summed E-state index contributed by atoms with van der Waals surface area (Å²) >= 11 is 0. The maximum Gasteiger partial charge on any atom is -0.0178 e. The lowest BCUT2D eigenvalue weighted by Gasteiger charge is -2.04. The Morgan fingerprint density at radius 3 is 1.20 bits per heavy atom. The molecule has 0 saturated heterocycles. The number of hydrogen-bond donors (Lipinski definition) is 0. The van der Waals surface area contributed by atoms with Crippen LogP contribution >= 0.6 is 0 Å². The summed E-state index contributed by atoms with van der Waals surface area (Å²) in [7, 11) is 0. The highest BCUT2D eigenvalue weighted by Crippen LogP contribution is 2.21. The van der Waals surface area contributed by atoms with E-state index in [1.807, 2.05) is 65.8 Å². The van der Waals surface area contributed by atoms with E-state index in [2.05, 4.69) is 37.4 Å². The molecular weight excluding hydrogens is 240 g/mol. The number of fused-ring (bicyclic) bond motifs is 1. The average Bonchev–Trinajstić information content (AvgIpc) is 2.59. The lowest BCUT2D eigenvalue weighted by Crippen LogP contribution is -1.81. The molecular formula is C20H30. The van der Waals surface area contributed by atoms with Crippen molar-refractivity contribution < 1.29 is 0 Å². The summed E-state index contributed by atoms with van der Waals surface area (Å²) in [5.41, 5.74) is 2.28. The number of benzene rings is 2. The number of hydrogen-bond acceptors (Lipinski definition) is 0. The summed E-state index contributed by atoms with van der Waals surface area (Å²) < 4.78 is 0. The molecule has 0 amide bonds. The molecule has 0 atom stereocenters. The van der Waals surface area contributed by atoms with Crippen molar-refractivity contribution in [1.29, 1.82) is 0 Å².